The minimum Gasteiger partial charge on any atom is -0.425 e. The molecule has 0 atom stereocenters. The number of carbonyl (C=O) groups is 1. The van der Waals surface area contributed by atoms with Crippen LogP contribution in [0.5, 0.6) is 0 Å². The summed E-state index contributed by atoms with van der Waals surface area (Å²) >= 11 is 0. The van der Waals surface area contributed by atoms with E-state index in [4.69, 9.17) is 4.74 Å². The van der Waals surface area contributed by atoms with Crippen molar-refractivity contribution in [3.8, 4) is 0 Å². The van der Waals surface area contributed by atoms with Gasteiger partial charge in [-0.2, -0.15) is 0 Å². The van der Waals surface area contributed by atoms with E-state index in [1.165, 1.54) is 12.5 Å². The molecule has 11 heavy (non-hydrogen) atoms. The topological polar surface area (TPSA) is 47.6 Å². The number of ether oxygens (including phenoxy) is 1. The standard InChI is InChI=1S/C7H9NO3/c1-2-7(9)11-6-3-4-10-8-5-6/h3-5,8H,2H2,1H3. The van der Waals surface area contributed by atoms with Crippen LogP contribution < -0.4 is 5.48 Å². The molecule has 4 nitrogen and oxygen atoms in total. The van der Waals surface area contributed by atoms with E-state index < -0.39 is 0 Å². The van der Waals surface area contributed by atoms with Crippen molar-refractivity contribution in [3.63, 3.8) is 0 Å². The zero-order valence-corrected chi connectivity index (χ0v) is 6.16. The zero-order valence-electron chi connectivity index (χ0n) is 6.16. The Balaban J connectivity index is 2.42. The molecule has 0 aliphatic carbocycles. The highest BCUT2D eigenvalue weighted by atomic mass is 16.6. The van der Waals surface area contributed by atoms with Gasteiger partial charge in [-0.05, 0) is 0 Å². The summed E-state index contributed by atoms with van der Waals surface area (Å²) in [5, 5.41) is 0. The van der Waals surface area contributed by atoms with Crippen molar-refractivity contribution in [2.75, 3.05) is 0 Å². The van der Waals surface area contributed by atoms with Crippen LogP contribution in [0.2, 0.25) is 0 Å². The van der Waals surface area contributed by atoms with E-state index in [0.29, 0.717) is 12.2 Å². The van der Waals surface area contributed by atoms with Crippen molar-refractivity contribution in [2.45, 2.75) is 13.3 Å². The van der Waals surface area contributed by atoms with Crippen LogP contribution in [0.3, 0.4) is 0 Å². The number of rotatable bonds is 2. The third-order valence-corrected chi connectivity index (χ3v) is 1.09. The lowest BCUT2D eigenvalue weighted by atomic mass is 10.4. The second kappa shape index (κ2) is 3.65. The van der Waals surface area contributed by atoms with Gasteiger partial charge in [-0.3, -0.25) is 4.79 Å². The van der Waals surface area contributed by atoms with Crippen molar-refractivity contribution < 1.29 is 14.4 Å². The van der Waals surface area contributed by atoms with E-state index in [1.54, 1.807) is 13.0 Å². The number of esters is 1. The van der Waals surface area contributed by atoms with Crippen LogP contribution in [0.15, 0.2) is 24.3 Å². The van der Waals surface area contributed by atoms with Crippen molar-refractivity contribution in [2.24, 2.45) is 0 Å². The summed E-state index contributed by atoms with van der Waals surface area (Å²) in [6, 6.07) is 0. The van der Waals surface area contributed by atoms with Crippen molar-refractivity contribution in [3.05, 3.63) is 24.3 Å². The molecule has 4 heteroatoms. The maximum absolute atomic E-state index is 10.7. The third-order valence-electron chi connectivity index (χ3n) is 1.09. The highest BCUT2D eigenvalue weighted by Crippen LogP contribution is 2.03. The predicted octanol–water partition coefficient (Wildman–Crippen LogP) is 0.829. The van der Waals surface area contributed by atoms with E-state index in [2.05, 4.69) is 10.3 Å². The molecule has 0 aromatic heterocycles. The Hall–Kier alpha value is -1.45. The first-order valence-corrected chi connectivity index (χ1v) is 3.31. The first-order chi connectivity index (χ1) is 5.33. The zero-order chi connectivity index (χ0) is 8.10. The summed E-state index contributed by atoms with van der Waals surface area (Å²) in [7, 11) is 0. The molecule has 0 amide bonds. The molecule has 1 aliphatic rings. The van der Waals surface area contributed by atoms with Gasteiger partial charge in [-0.1, -0.05) is 6.92 Å². The van der Waals surface area contributed by atoms with Gasteiger partial charge >= 0.3 is 5.97 Å². The minimum absolute atomic E-state index is 0.260. The largest absolute Gasteiger partial charge is 0.425 e. The van der Waals surface area contributed by atoms with Crippen LogP contribution in [-0.2, 0) is 14.4 Å². The Morgan fingerprint density at radius 2 is 2.64 bits per heavy atom. The summed E-state index contributed by atoms with van der Waals surface area (Å²) in [6.07, 6.45) is 4.79. The molecule has 0 saturated carbocycles. The molecule has 1 N–H and O–H groups in total. The van der Waals surface area contributed by atoms with E-state index in [0.717, 1.165) is 0 Å². The lowest BCUT2D eigenvalue weighted by molar-refractivity contribution is -0.138. The highest BCUT2D eigenvalue weighted by Gasteiger charge is 2.03. The van der Waals surface area contributed by atoms with Gasteiger partial charge in [0, 0.05) is 12.5 Å². The van der Waals surface area contributed by atoms with Gasteiger partial charge in [0.2, 0.25) is 0 Å². The summed E-state index contributed by atoms with van der Waals surface area (Å²) in [5.74, 6) is 0.202. The fourth-order valence-corrected chi connectivity index (χ4v) is 0.548. The van der Waals surface area contributed by atoms with Gasteiger partial charge < -0.3 is 9.57 Å². The number of allylic oxidation sites excluding steroid dienone is 1. The van der Waals surface area contributed by atoms with E-state index in [-0.39, 0.29) is 5.97 Å². The van der Waals surface area contributed by atoms with E-state index >= 15 is 0 Å². The lowest BCUT2D eigenvalue weighted by Gasteiger charge is -2.08. The van der Waals surface area contributed by atoms with Crippen molar-refractivity contribution in [1.82, 2.24) is 5.48 Å². The van der Waals surface area contributed by atoms with E-state index in [1.807, 2.05) is 0 Å². The number of hydroxylamine groups is 1. The Morgan fingerprint density at radius 3 is 3.18 bits per heavy atom. The maximum Gasteiger partial charge on any atom is 0.310 e. The molecule has 1 aliphatic heterocycles. The van der Waals surface area contributed by atoms with Gasteiger partial charge in [0.05, 0.1) is 6.20 Å². The predicted molar refractivity (Wildman–Crippen MR) is 37.8 cm³/mol. The minimum atomic E-state index is -0.260. The van der Waals surface area contributed by atoms with Crippen LogP contribution >= 0.6 is 0 Å². The molecule has 0 aromatic carbocycles. The molecular formula is C7H9NO3. The first kappa shape index (κ1) is 7.65. The highest BCUT2D eigenvalue weighted by molar-refractivity contribution is 5.70. The monoisotopic (exact) mass is 155 g/mol. The normalized spacial score (nSPS) is 14.5. The van der Waals surface area contributed by atoms with Crippen molar-refractivity contribution >= 4 is 5.97 Å². The van der Waals surface area contributed by atoms with Crippen LogP contribution in [0.25, 0.3) is 0 Å². The Bertz CT molecular complexity index is 208. The van der Waals surface area contributed by atoms with E-state index in [9.17, 15) is 4.79 Å². The van der Waals surface area contributed by atoms with Gasteiger partial charge in [-0.25, -0.2) is 5.48 Å². The molecule has 60 valence electrons. The first-order valence-electron chi connectivity index (χ1n) is 3.31. The van der Waals surface area contributed by atoms with Crippen molar-refractivity contribution in [1.29, 1.82) is 0 Å². The molecule has 0 saturated heterocycles. The summed E-state index contributed by atoms with van der Waals surface area (Å²) in [4.78, 5) is 15.3. The van der Waals surface area contributed by atoms with Crippen LogP contribution in [-0.4, -0.2) is 5.97 Å². The summed E-state index contributed by atoms with van der Waals surface area (Å²) in [6.45, 7) is 1.74. The molecule has 0 bridgehead atoms. The Kier molecular flexibility index (Phi) is 2.54. The average Bonchev–Trinajstić information content (AvgIpc) is 2.06. The SMILES string of the molecule is CCC(=O)OC1=CNOC=C1. The van der Waals surface area contributed by atoms with Crippen LogP contribution in [0, 0.1) is 0 Å². The second-order valence-electron chi connectivity index (χ2n) is 1.91. The molecule has 0 spiro atoms. The Morgan fingerprint density at radius 1 is 1.82 bits per heavy atom. The number of hydrogen-bond donors (Lipinski definition) is 1. The van der Waals surface area contributed by atoms with Crippen LogP contribution in [0.1, 0.15) is 13.3 Å². The molecule has 0 fully saturated rings. The summed E-state index contributed by atoms with van der Waals surface area (Å²) in [5.41, 5.74) is 2.44. The maximum atomic E-state index is 10.7. The molecule has 0 aromatic rings. The smallest absolute Gasteiger partial charge is 0.310 e. The number of carbonyl (C=O) groups excluding carboxylic acids is 1. The van der Waals surface area contributed by atoms with Gasteiger partial charge in [0.1, 0.15) is 6.26 Å². The van der Waals surface area contributed by atoms with Gasteiger partial charge in [-0.15, -0.1) is 0 Å². The average molecular weight is 155 g/mol. The number of nitrogens with one attached hydrogen (secondary N) is 1. The van der Waals surface area contributed by atoms with Crippen LogP contribution in [0.4, 0.5) is 0 Å². The fraction of sp³-hybridized carbons (Fsp3) is 0.286. The molecule has 0 radical (unpaired) electrons. The quantitative estimate of drug-likeness (QED) is 0.600. The Labute approximate surface area is 64.4 Å². The lowest BCUT2D eigenvalue weighted by Crippen LogP contribution is -2.10. The fourth-order valence-electron chi connectivity index (χ4n) is 0.548. The molecule has 0 unspecified atom stereocenters. The molecule has 1 rings (SSSR count). The summed E-state index contributed by atoms with van der Waals surface area (Å²) < 4.78 is 4.83. The number of hydrogen-bond acceptors (Lipinski definition) is 4. The van der Waals surface area contributed by atoms with Gasteiger partial charge in [0.25, 0.3) is 0 Å². The third kappa shape index (κ3) is 2.33. The van der Waals surface area contributed by atoms with Gasteiger partial charge in [0.15, 0.2) is 5.76 Å². The molecule has 1 heterocycles. The second-order valence-corrected chi connectivity index (χ2v) is 1.91. The molecular weight excluding hydrogens is 146 g/mol.